The van der Waals surface area contributed by atoms with Crippen LogP contribution in [0, 0.1) is 0 Å². The number of carbonyl (C=O) groups excluding carboxylic acids is 1. The molecule has 0 fully saturated rings. The Hall–Kier alpha value is -1.06. The van der Waals surface area contributed by atoms with Gasteiger partial charge in [0.1, 0.15) is 0 Å². The number of nitrogens with two attached hydrogens (primary N) is 1. The monoisotopic (exact) mass is 226 g/mol. The van der Waals surface area contributed by atoms with E-state index in [0.717, 1.165) is 12.8 Å². The average Bonchev–Trinajstić information content (AvgIpc) is 2.29. The Kier molecular flexibility index (Phi) is 5.15. The van der Waals surface area contributed by atoms with Gasteiger partial charge in [-0.25, -0.2) is 10.9 Å². The topological polar surface area (TPSA) is 46.3 Å². The highest BCUT2D eigenvalue weighted by atomic mass is 35.5. The molecule has 0 radical (unpaired) electrons. The number of amides is 1. The zero-order valence-electron chi connectivity index (χ0n) is 8.53. The molecule has 0 saturated heterocycles. The average molecular weight is 227 g/mol. The smallest absolute Gasteiger partial charge is 0.241 e. The van der Waals surface area contributed by atoms with Crippen LogP contribution in [0.4, 0.5) is 5.69 Å². The highest BCUT2D eigenvalue weighted by Crippen LogP contribution is 2.11. The Morgan fingerprint density at radius 1 is 1.27 bits per heavy atom. The number of unbranched alkanes of at least 4 members (excludes halogenated alkanes) is 1. The largest absolute Gasteiger partial charge is 0.273 e. The molecular weight excluding hydrogens is 212 g/mol. The molecule has 2 N–H and O–H groups in total. The molecule has 3 nitrogen and oxygen atoms in total. The molecule has 1 amide bonds. The third-order valence-corrected chi connectivity index (χ3v) is 2.34. The van der Waals surface area contributed by atoms with Crippen LogP contribution in [0.15, 0.2) is 30.3 Å². The van der Waals surface area contributed by atoms with Crippen molar-refractivity contribution in [2.75, 3.05) is 10.9 Å². The normalized spacial score (nSPS) is 10.0. The number of rotatable bonds is 5. The van der Waals surface area contributed by atoms with E-state index < -0.39 is 0 Å². The molecular formula is C11H15ClN2O. The van der Waals surface area contributed by atoms with Crippen molar-refractivity contribution in [2.45, 2.75) is 19.3 Å². The molecule has 0 aliphatic carbocycles. The number of alkyl halides is 1. The van der Waals surface area contributed by atoms with Gasteiger partial charge in [-0.1, -0.05) is 18.2 Å². The molecule has 0 aliphatic rings. The Morgan fingerprint density at radius 3 is 2.53 bits per heavy atom. The van der Waals surface area contributed by atoms with Crippen molar-refractivity contribution >= 4 is 23.2 Å². The van der Waals surface area contributed by atoms with E-state index in [4.69, 9.17) is 17.4 Å². The van der Waals surface area contributed by atoms with Gasteiger partial charge in [0.05, 0.1) is 5.69 Å². The van der Waals surface area contributed by atoms with Crippen LogP contribution in [-0.4, -0.2) is 11.8 Å². The van der Waals surface area contributed by atoms with Crippen molar-refractivity contribution in [3.8, 4) is 0 Å². The molecule has 0 spiro atoms. The van der Waals surface area contributed by atoms with E-state index in [1.807, 2.05) is 18.2 Å². The Balaban J connectivity index is 2.46. The summed E-state index contributed by atoms with van der Waals surface area (Å²) in [6, 6.07) is 9.19. The molecule has 1 rings (SSSR count). The second-order valence-corrected chi connectivity index (χ2v) is 3.62. The van der Waals surface area contributed by atoms with Crippen LogP contribution in [0.5, 0.6) is 0 Å². The number of anilines is 1. The highest BCUT2D eigenvalue weighted by molar-refractivity contribution is 6.17. The van der Waals surface area contributed by atoms with Gasteiger partial charge in [-0.05, 0) is 25.0 Å². The van der Waals surface area contributed by atoms with E-state index in [1.165, 1.54) is 5.01 Å². The number of benzene rings is 1. The predicted molar refractivity (Wildman–Crippen MR) is 62.7 cm³/mol. The fraction of sp³-hybridized carbons (Fsp3) is 0.364. The fourth-order valence-electron chi connectivity index (χ4n) is 1.22. The summed E-state index contributed by atoms with van der Waals surface area (Å²) in [6.45, 7) is 0. The first-order chi connectivity index (χ1) is 7.25. The molecule has 0 saturated carbocycles. The molecule has 1 aromatic rings. The molecule has 82 valence electrons. The van der Waals surface area contributed by atoms with Gasteiger partial charge in [0.2, 0.25) is 5.91 Å². The lowest BCUT2D eigenvalue weighted by Crippen LogP contribution is -2.37. The molecule has 15 heavy (non-hydrogen) atoms. The van der Waals surface area contributed by atoms with Gasteiger partial charge in [-0.15, -0.1) is 11.6 Å². The van der Waals surface area contributed by atoms with Crippen LogP contribution in [0.3, 0.4) is 0 Å². The van der Waals surface area contributed by atoms with Crippen molar-refractivity contribution < 1.29 is 4.79 Å². The molecule has 1 aromatic carbocycles. The predicted octanol–water partition coefficient (Wildman–Crippen LogP) is 2.30. The number of halogens is 1. The summed E-state index contributed by atoms with van der Waals surface area (Å²) in [5.74, 6) is 6.18. The Bertz CT molecular complexity index is 303. The van der Waals surface area contributed by atoms with E-state index in [1.54, 1.807) is 12.1 Å². The van der Waals surface area contributed by atoms with E-state index in [2.05, 4.69) is 0 Å². The van der Waals surface area contributed by atoms with Gasteiger partial charge < -0.3 is 0 Å². The van der Waals surface area contributed by atoms with Crippen molar-refractivity contribution in [1.82, 2.24) is 0 Å². The maximum Gasteiger partial charge on any atom is 0.241 e. The van der Waals surface area contributed by atoms with Crippen LogP contribution in [0.25, 0.3) is 0 Å². The van der Waals surface area contributed by atoms with Crippen LogP contribution in [-0.2, 0) is 4.79 Å². The highest BCUT2D eigenvalue weighted by Gasteiger charge is 2.10. The minimum absolute atomic E-state index is 0.0775. The Labute approximate surface area is 94.8 Å². The summed E-state index contributed by atoms with van der Waals surface area (Å²) < 4.78 is 0. The molecule has 0 unspecified atom stereocenters. The van der Waals surface area contributed by atoms with Crippen molar-refractivity contribution in [1.29, 1.82) is 0 Å². The molecule has 0 heterocycles. The van der Waals surface area contributed by atoms with Crippen LogP contribution >= 0.6 is 11.6 Å². The first kappa shape index (κ1) is 12.0. The fourth-order valence-corrected chi connectivity index (χ4v) is 1.41. The lowest BCUT2D eigenvalue weighted by atomic mass is 10.2. The lowest BCUT2D eigenvalue weighted by Gasteiger charge is -2.16. The number of carbonyl (C=O) groups is 1. The molecule has 0 atom stereocenters. The third kappa shape index (κ3) is 3.90. The van der Waals surface area contributed by atoms with Crippen LogP contribution in [0.2, 0.25) is 0 Å². The number of hydrogen-bond donors (Lipinski definition) is 1. The molecule has 0 aliphatic heterocycles. The van der Waals surface area contributed by atoms with Gasteiger partial charge in [0.25, 0.3) is 0 Å². The summed E-state index contributed by atoms with van der Waals surface area (Å²) in [7, 11) is 0. The second kappa shape index (κ2) is 6.43. The maximum atomic E-state index is 11.6. The maximum absolute atomic E-state index is 11.6. The van der Waals surface area contributed by atoms with E-state index in [-0.39, 0.29) is 5.91 Å². The van der Waals surface area contributed by atoms with Crippen molar-refractivity contribution in [2.24, 2.45) is 5.84 Å². The molecule has 0 bridgehead atoms. The van der Waals surface area contributed by atoms with Gasteiger partial charge in [-0.3, -0.25) is 4.79 Å². The zero-order valence-corrected chi connectivity index (χ0v) is 9.28. The van der Waals surface area contributed by atoms with E-state index in [9.17, 15) is 4.79 Å². The van der Waals surface area contributed by atoms with Gasteiger partial charge in [0.15, 0.2) is 0 Å². The summed E-state index contributed by atoms with van der Waals surface area (Å²) in [4.78, 5) is 11.6. The second-order valence-electron chi connectivity index (χ2n) is 3.25. The van der Waals surface area contributed by atoms with Crippen molar-refractivity contribution in [3.63, 3.8) is 0 Å². The van der Waals surface area contributed by atoms with Gasteiger partial charge in [0, 0.05) is 12.3 Å². The molecule has 0 aromatic heterocycles. The SMILES string of the molecule is NN(C(=O)CCCCCl)c1ccccc1. The third-order valence-electron chi connectivity index (χ3n) is 2.08. The van der Waals surface area contributed by atoms with E-state index in [0.29, 0.717) is 18.0 Å². The first-order valence-electron chi connectivity index (χ1n) is 4.94. The zero-order chi connectivity index (χ0) is 11.1. The minimum Gasteiger partial charge on any atom is -0.273 e. The molecule has 4 heteroatoms. The number of para-hydroxylation sites is 1. The van der Waals surface area contributed by atoms with E-state index >= 15 is 0 Å². The van der Waals surface area contributed by atoms with Gasteiger partial charge >= 0.3 is 0 Å². The van der Waals surface area contributed by atoms with Crippen LogP contribution in [0.1, 0.15) is 19.3 Å². The lowest BCUT2D eigenvalue weighted by molar-refractivity contribution is -0.118. The number of hydrogen-bond acceptors (Lipinski definition) is 2. The van der Waals surface area contributed by atoms with Crippen LogP contribution < -0.4 is 10.9 Å². The van der Waals surface area contributed by atoms with Gasteiger partial charge in [-0.2, -0.15) is 0 Å². The number of nitrogens with zero attached hydrogens (tertiary/aromatic N) is 1. The summed E-state index contributed by atoms with van der Waals surface area (Å²) in [6.07, 6.45) is 2.07. The standard InChI is InChI=1S/C11H15ClN2O/c12-9-5-4-8-11(15)14(13)10-6-2-1-3-7-10/h1-3,6-7H,4-5,8-9,13H2. The first-order valence-corrected chi connectivity index (χ1v) is 5.48. The summed E-state index contributed by atoms with van der Waals surface area (Å²) >= 11 is 5.53. The Morgan fingerprint density at radius 2 is 1.93 bits per heavy atom. The number of hydrazine groups is 1. The van der Waals surface area contributed by atoms with Crippen molar-refractivity contribution in [3.05, 3.63) is 30.3 Å². The summed E-state index contributed by atoms with van der Waals surface area (Å²) in [5.41, 5.74) is 0.716. The quantitative estimate of drug-likeness (QED) is 0.275. The minimum atomic E-state index is -0.0775. The summed E-state index contributed by atoms with van der Waals surface area (Å²) in [5, 5.41) is 1.19.